The molecule has 0 aliphatic heterocycles. The maximum atomic E-state index is 12.2. The Morgan fingerprint density at radius 3 is 2.11 bits per heavy atom. The van der Waals surface area contributed by atoms with Gasteiger partial charge in [-0.05, 0) is 55.8 Å². The fourth-order valence-corrected chi connectivity index (χ4v) is 2.51. The van der Waals surface area contributed by atoms with E-state index in [0.29, 0.717) is 24.3 Å². The van der Waals surface area contributed by atoms with Crippen LogP contribution in [0.4, 0.5) is 16.2 Å². The fraction of sp³-hybridized carbons (Fsp3) is 0.286. The van der Waals surface area contributed by atoms with Gasteiger partial charge in [-0.2, -0.15) is 5.10 Å². The van der Waals surface area contributed by atoms with E-state index in [0.717, 1.165) is 11.3 Å². The van der Waals surface area contributed by atoms with Gasteiger partial charge in [-0.3, -0.25) is 4.79 Å². The van der Waals surface area contributed by atoms with E-state index in [9.17, 15) is 9.59 Å². The highest BCUT2D eigenvalue weighted by molar-refractivity contribution is 5.96. The van der Waals surface area contributed by atoms with Crippen LogP contribution < -0.4 is 15.6 Å². The number of carbonyl (C=O) groups is 2. The maximum Gasteiger partial charge on any atom is 0.321 e. The van der Waals surface area contributed by atoms with Crippen LogP contribution in [0.1, 0.15) is 29.8 Å². The van der Waals surface area contributed by atoms with Gasteiger partial charge in [0.25, 0.3) is 5.91 Å². The summed E-state index contributed by atoms with van der Waals surface area (Å²) in [5.74, 6) is -0.317. The first-order valence-electron chi connectivity index (χ1n) is 9.21. The lowest BCUT2D eigenvalue weighted by Gasteiger charge is -2.19. The van der Waals surface area contributed by atoms with Gasteiger partial charge in [0, 0.05) is 44.1 Å². The molecule has 0 fully saturated rings. The lowest BCUT2D eigenvalue weighted by atomic mass is 10.2. The van der Waals surface area contributed by atoms with Crippen molar-refractivity contribution in [2.75, 3.05) is 37.4 Å². The smallest absolute Gasteiger partial charge is 0.321 e. The van der Waals surface area contributed by atoms with E-state index < -0.39 is 0 Å². The molecule has 2 rings (SSSR count). The van der Waals surface area contributed by atoms with Crippen LogP contribution in [0, 0.1) is 0 Å². The van der Waals surface area contributed by atoms with Crippen LogP contribution in [0.3, 0.4) is 0 Å². The number of rotatable bonds is 7. The predicted octanol–water partition coefficient (Wildman–Crippen LogP) is 3.39. The Hall–Kier alpha value is -3.35. The second kappa shape index (κ2) is 10.1. The van der Waals surface area contributed by atoms with Crippen LogP contribution in [0.5, 0.6) is 0 Å². The van der Waals surface area contributed by atoms with Crippen molar-refractivity contribution in [1.29, 1.82) is 0 Å². The highest BCUT2D eigenvalue weighted by Crippen LogP contribution is 2.12. The topological polar surface area (TPSA) is 77.0 Å². The van der Waals surface area contributed by atoms with Crippen molar-refractivity contribution in [3.8, 4) is 0 Å². The lowest BCUT2D eigenvalue weighted by molar-refractivity contribution is 0.0955. The number of nitrogens with zero attached hydrogens (tertiary/aromatic N) is 3. The summed E-state index contributed by atoms with van der Waals surface area (Å²) in [5.41, 5.74) is 5.58. The molecule has 0 aliphatic carbocycles. The fourth-order valence-electron chi connectivity index (χ4n) is 2.51. The van der Waals surface area contributed by atoms with Crippen molar-refractivity contribution < 1.29 is 9.59 Å². The molecule has 7 heteroatoms. The molecule has 3 amide bonds. The Kier molecular flexibility index (Phi) is 7.56. The molecule has 0 saturated heterocycles. The van der Waals surface area contributed by atoms with Gasteiger partial charge >= 0.3 is 6.03 Å². The molecule has 0 unspecified atom stereocenters. The van der Waals surface area contributed by atoms with Gasteiger partial charge in [0.2, 0.25) is 0 Å². The Balaban J connectivity index is 1.91. The van der Waals surface area contributed by atoms with Crippen molar-refractivity contribution in [2.45, 2.75) is 13.8 Å². The average Bonchev–Trinajstić information content (AvgIpc) is 2.69. The standard InChI is InChI=1S/C21H27N5O2/c1-5-26(6-2)21(28)23-18-11-9-17(10-12-18)20(27)24-22-15-16-7-13-19(14-8-16)25(3)4/h7-15H,5-6H2,1-4H3,(H,23,28)(H,24,27)/b22-15+. The Morgan fingerprint density at radius 1 is 0.964 bits per heavy atom. The van der Waals surface area contributed by atoms with Gasteiger partial charge < -0.3 is 15.1 Å². The Labute approximate surface area is 166 Å². The zero-order chi connectivity index (χ0) is 20.5. The largest absolute Gasteiger partial charge is 0.378 e. The van der Waals surface area contributed by atoms with E-state index in [4.69, 9.17) is 0 Å². The third kappa shape index (κ3) is 5.84. The minimum atomic E-state index is -0.317. The zero-order valence-corrected chi connectivity index (χ0v) is 16.8. The van der Waals surface area contributed by atoms with E-state index in [1.54, 1.807) is 35.4 Å². The molecule has 0 radical (unpaired) electrons. The molecule has 0 saturated carbocycles. The van der Waals surface area contributed by atoms with Gasteiger partial charge in [-0.25, -0.2) is 10.2 Å². The monoisotopic (exact) mass is 381 g/mol. The van der Waals surface area contributed by atoms with Crippen LogP contribution in [-0.2, 0) is 0 Å². The second-order valence-electron chi connectivity index (χ2n) is 6.36. The molecule has 0 aromatic heterocycles. The number of nitrogens with one attached hydrogen (secondary N) is 2. The zero-order valence-electron chi connectivity index (χ0n) is 16.8. The lowest BCUT2D eigenvalue weighted by Crippen LogP contribution is -2.34. The van der Waals surface area contributed by atoms with Crippen LogP contribution in [-0.4, -0.2) is 50.2 Å². The molecule has 0 bridgehead atoms. The average molecular weight is 381 g/mol. The molecule has 28 heavy (non-hydrogen) atoms. The molecule has 2 aromatic rings. The molecule has 148 valence electrons. The summed E-state index contributed by atoms with van der Waals surface area (Å²) >= 11 is 0. The molecular formula is C21H27N5O2. The van der Waals surface area contributed by atoms with E-state index in [1.807, 2.05) is 57.1 Å². The number of hydrazone groups is 1. The summed E-state index contributed by atoms with van der Waals surface area (Å²) in [6, 6.07) is 14.3. The van der Waals surface area contributed by atoms with Crippen LogP contribution >= 0.6 is 0 Å². The number of hydrogen-bond acceptors (Lipinski definition) is 4. The number of amides is 3. The van der Waals surface area contributed by atoms with Crippen molar-refractivity contribution >= 4 is 29.5 Å². The molecule has 0 atom stereocenters. The van der Waals surface area contributed by atoms with Crippen molar-refractivity contribution in [1.82, 2.24) is 10.3 Å². The van der Waals surface area contributed by atoms with Crippen molar-refractivity contribution in [3.05, 3.63) is 59.7 Å². The molecule has 0 aliphatic rings. The Morgan fingerprint density at radius 2 is 1.57 bits per heavy atom. The summed E-state index contributed by atoms with van der Waals surface area (Å²) in [6.45, 7) is 5.12. The van der Waals surface area contributed by atoms with E-state index in [1.165, 1.54) is 0 Å². The van der Waals surface area contributed by atoms with Crippen LogP contribution in [0.2, 0.25) is 0 Å². The third-order valence-corrected chi connectivity index (χ3v) is 4.24. The van der Waals surface area contributed by atoms with Crippen LogP contribution in [0.25, 0.3) is 0 Å². The number of benzene rings is 2. The number of anilines is 2. The van der Waals surface area contributed by atoms with Gasteiger partial charge in [0.1, 0.15) is 0 Å². The van der Waals surface area contributed by atoms with Gasteiger partial charge in [0.15, 0.2) is 0 Å². The molecule has 2 aromatic carbocycles. The van der Waals surface area contributed by atoms with Crippen molar-refractivity contribution in [3.63, 3.8) is 0 Å². The molecule has 2 N–H and O–H groups in total. The number of carbonyl (C=O) groups excluding carboxylic acids is 2. The van der Waals surface area contributed by atoms with E-state index in [2.05, 4.69) is 15.8 Å². The van der Waals surface area contributed by atoms with Crippen molar-refractivity contribution in [2.24, 2.45) is 5.10 Å². The maximum absolute atomic E-state index is 12.2. The summed E-state index contributed by atoms with van der Waals surface area (Å²) in [5, 5.41) is 6.80. The number of urea groups is 1. The predicted molar refractivity (Wildman–Crippen MR) is 114 cm³/mol. The SMILES string of the molecule is CCN(CC)C(=O)Nc1ccc(C(=O)N/N=C/c2ccc(N(C)C)cc2)cc1. The Bertz CT molecular complexity index is 810. The summed E-state index contributed by atoms with van der Waals surface area (Å²) in [6.07, 6.45) is 1.59. The highest BCUT2D eigenvalue weighted by Gasteiger charge is 2.10. The first kappa shape index (κ1) is 21.0. The van der Waals surface area contributed by atoms with Gasteiger partial charge in [0.05, 0.1) is 6.21 Å². The second-order valence-corrected chi connectivity index (χ2v) is 6.36. The summed E-state index contributed by atoms with van der Waals surface area (Å²) in [7, 11) is 3.95. The highest BCUT2D eigenvalue weighted by atomic mass is 16.2. The van der Waals surface area contributed by atoms with E-state index >= 15 is 0 Å². The molecular weight excluding hydrogens is 354 g/mol. The molecule has 0 heterocycles. The first-order valence-corrected chi connectivity index (χ1v) is 9.21. The minimum absolute atomic E-state index is 0.160. The van der Waals surface area contributed by atoms with Crippen LogP contribution in [0.15, 0.2) is 53.6 Å². The van der Waals surface area contributed by atoms with Gasteiger partial charge in [-0.1, -0.05) is 12.1 Å². The molecule has 7 nitrogen and oxygen atoms in total. The van der Waals surface area contributed by atoms with E-state index in [-0.39, 0.29) is 11.9 Å². The minimum Gasteiger partial charge on any atom is -0.378 e. The first-order chi connectivity index (χ1) is 13.4. The summed E-state index contributed by atoms with van der Waals surface area (Å²) in [4.78, 5) is 27.9. The third-order valence-electron chi connectivity index (χ3n) is 4.24. The van der Waals surface area contributed by atoms with Gasteiger partial charge in [-0.15, -0.1) is 0 Å². The summed E-state index contributed by atoms with van der Waals surface area (Å²) < 4.78 is 0. The normalized spacial score (nSPS) is 10.6. The quantitative estimate of drug-likeness (QED) is 0.570. The molecule has 0 spiro atoms. The number of hydrogen-bond donors (Lipinski definition) is 2.